The van der Waals surface area contributed by atoms with Crippen molar-refractivity contribution in [3.63, 3.8) is 0 Å². The van der Waals surface area contributed by atoms with E-state index in [0.717, 1.165) is 18.4 Å². The molecule has 8 heteroatoms. The standard InChI is InChI=1S/C23H26F2N4O2/c1-13-9-19(31-11-16-17(24)5-4-6-18(16)25)21-28-14(2)20(29(21)10-13)22(30)27-12-23(3,26)15-7-8-15/h4-6,9-10,15H,7-8,11-12,26H2,1-3H3,(H,27,30). The molecule has 4 rings (SSSR count). The molecule has 0 radical (unpaired) electrons. The number of imidazole rings is 1. The summed E-state index contributed by atoms with van der Waals surface area (Å²) in [5, 5.41) is 2.93. The number of pyridine rings is 1. The first-order valence-corrected chi connectivity index (χ1v) is 10.3. The Morgan fingerprint density at radius 2 is 2.00 bits per heavy atom. The lowest BCUT2D eigenvalue weighted by Gasteiger charge is -2.24. The number of benzene rings is 1. The van der Waals surface area contributed by atoms with E-state index in [9.17, 15) is 13.6 Å². The summed E-state index contributed by atoms with van der Waals surface area (Å²) in [6.45, 7) is 5.60. The maximum Gasteiger partial charge on any atom is 0.270 e. The minimum atomic E-state index is -0.677. The van der Waals surface area contributed by atoms with Gasteiger partial charge in [0.2, 0.25) is 0 Å². The van der Waals surface area contributed by atoms with E-state index in [1.807, 2.05) is 13.8 Å². The maximum atomic E-state index is 14.0. The molecule has 1 atom stereocenters. The summed E-state index contributed by atoms with van der Waals surface area (Å²) in [5.41, 5.74) is 7.84. The largest absolute Gasteiger partial charge is 0.485 e. The van der Waals surface area contributed by atoms with Gasteiger partial charge in [-0.05, 0) is 63.3 Å². The molecule has 31 heavy (non-hydrogen) atoms. The number of nitrogens with zero attached hydrogens (tertiary/aromatic N) is 2. The van der Waals surface area contributed by atoms with Gasteiger partial charge in [-0.1, -0.05) is 6.07 Å². The molecule has 1 fully saturated rings. The second kappa shape index (κ2) is 7.92. The number of fused-ring (bicyclic) bond motifs is 1. The van der Waals surface area contributed by atoms with Crippen LogP contribution in [0.15, 0.2) is 30.5 Å². The lowest BCUT2D eigenvalue weighted by Crippen LogP contribution is -2.49. The Morgan fingerprint density at radius 1 is 1.32 bits per heavy atom. The van der Waals surface area contributed by atoms with Crippen molar-refractivity contribution in [3.05, 3.63) is 64.6 Å². The van der Waals surface area contributed by atoms with Gasteiger partial charge in [0.1, 0.15) is 23.9 Å². The van der Waals surface area contributed by atoms with Gasteiger partial charge < -0.3 is 15.8 Å². The van der Waals surface area contributed by atoms with E-state index in [0.29, 0.717) is 35.2 Å². The van der Waals surface area contributed by atoms with Gasteiger partial charge in [0, 0.05) is 18.3 Å². The summed E-state index contributed by atoms with van der Waals surface area (Å²) < 4.78 is 35.3. The summed E-state index contributed by atoms with van der Waals surface area (Å²) in [7, 11) is 0. The number of nitrogens with one attached hydrogen (secondary N) is 1. The number of carbonyl (C=O) groups is 1. The van der Waals surface area contributed by atoms with Crippen LogP contribution in [0, 0.1) is 31.4 Å². The third-order valence-electron chi connectivity index (χ3n) is 5.79. The summed E-state index contributed by atoms with van der Waals surface area (Å²) in [6.07, 6.45) is 3.95. The highest BCUT2D eigenvalue weighted by molar-refractivity contribution is 5.95. The molecule has 0 aliphatic heterocycles. The van der Waals surface area contributed by atoms with Gasteiger partial charge in [-0.2, -0.15) is 0 Å². The van der Waals surface area contributed by atoms with Crippen molar-refractivity contribution in [2.75, 3.05) is 6.54 Å². The van der Waals surface area contributed by atoms with Crippen molar-refractivity contribution in [3.8, 4) is 5.75 Å². The Kier molecular flexibility index (Phi) is 5.43. The molecule has 0 bridgehead atoms. The molecular weight excluding hydrogens is 402 g/mol. The Hall–Kier alpha value is -3.00. The number of halogens is 2. The van der Waals surface area contributed by atoms with Crippen LogP contribution in [0.25, 0.3) is 5.65 Å². The number of amides is 1. The van der Waals surface area contributed by atoms with Crippen LogP contribution in [-0.4, -0.2) is 27.4 Å². The van der Waals surface area contributed by atoms with Gasteiger partial charge in [-0.15, -0.1) is 0 Å². The van der Waals surface area contributed by atoms with Gasteiger partial charge >= 0.3 is 0 Å². The number of hydrogen-bond acceptors (Lipinski definition) is 4. The molecule has 3 N–H and O–H groups in total. The fraction of sp³-hybridized carbons (Fsp3) is 0.391. The predicted molar refractivity (Wildman–Crippen MR) is 113 cm³/mol. The minimum absolute atomic E-state index is 0.161. The number of rotatable bonds is 7. The highest BCUT2D eigenvalue weighted by atomic mass is 19.1. The third-order valence-corrected chi connectivity index (χ3v) is 5.79. The topological polar surface area (TPSA) is 81.6 Å². The van der Waals surface area contributed by atoms with Gasteiger partial charge in [-0.25, -0.2) is 13.8 Å². The molecule has 0 saturated heterocycles. The van der Waals surface area contributed by atoms with Crippen LogP contribution in [0.3, 0.4) is 0 Å². The summed E-state index contributed by atoms with van der Waals surface area (Å²) >= 11 is 0. The summed E-state index contributed by atoms with van der Waals surface area (Å²) in [5.74, 6) is -0.866. The number of aryl methyl sites for hydroxylation is 2. The molecule has 1 saturated carbocycles. The molecule has 2 aromatic heterocycles. The van der Waals surface area contributed by atoms with Crippen molar-refractivity contribution in [2.45, 2.75) is 45.8 Å². The van der Waals surface area contributed by atoms with Crippen LogP contribution in [0.4, 0.5) is 8.78 Å². The van der Waals surface area contributed by atoms with Gasteiger partial charge in [-0.3, -0.25) is 9.20 Å². The number of ether oxygens (including phenoxy) is 1. The number of aromatic nitrogens is 2. The van der Waals surface area contributed by atoms with Crippen LogP contribution in [-0.2, 0) is 6.61 Å². The summed E-state index contributed by atoms with van der Waals surface area (Å²) in [4.78, 5) is 17.4. The van der Waals surface area contributed by atoms with E-state index in [-0.39, 0.29) is 18.1 Å². The van der Waals surface area contributed by atoms with Crippen molar-refractivity contribution in [2.24, 2.45) is 11.7 Å². The fourth-order valence-corrected chi connectivity index (χ4v) is 3.80. The number of hydrogen-bond donors (Lipinski definition) is 2. The van der Waals surface area contributed by atoms with Crippen LogP contribution < -0.4 is 15.8 Å². The maximum absolute atomic E-state index is 14.0. The number of carbonyl (C=O) groups excluding carboxylic acids is 1. The predicted octanol–water partition coefficient (Wildman–Crippen LogP) is 3.67. The zero-order valence-corrected chi connectivity index (χ0v) is 17.8. The smallest absolute Gasteiger partial charge is 0.270 e. The first-order valence-electron chi connectivity index (χ1n) is 10.3. The van der Waals surface area contributed by atoms with Crippen LogP contribution in [0.5, 0.6) is 5.75 Å². The molecule has 1 unspecified atom stereocenters. The molecular formula is C23H26F2N4O2. The van der Waals surface area contributed by atoms with E-state index >= 15 is 0 Å². The normalized spacial score (nSPS) is 15.7. The molecule has 6 nitrogen and oxygen atoms in total. The molecule has 1 aliphatic carbocycles. The molecule has 3 aromatic rings. The average Bonchev–Trinajstić information content (AvgIpc) is 3.50. The Labute approximate surface area is 179 Å². The minimum Gasteiger partial charge on any atom is -0.485 e. The lowest BCUT2D eigenvalue weighted by atomic mass is 9.97. The second-order valence-electron chi connectivity index (χ2n) is 8.57. The monoisotopic (exact) mass is 428 g/mol. The van der Waals surface area contributed by atoms with E-state index in [1.54, 1.807) is 23.6 Å². The van der Waals surface area contributed by atoms with Crippen LogP contribution in [0.2, 0.25) is 0 Å². The molecule has 1 amide bonds. The zero-order chi connectivity index (χ0) is 22.3. The van der Waals surface area contributed by atoms with Gasteiger partial charge in [0.25, 0.3) is 5.91 Å². The van der Waals surface area contributed by atoms with Gasteiger partial charge in [0.05, 0.1) is 11.3 Å². The lowest BCUT2D eigenvalue weighted by molar-refractivity contribution is 0.0936. The first kappa shape index (κ1) is 21.2. The van der Waals surface area contributed by atoms with E-state index in [2.05, 4.69) is 10.3 Å². The van der Waals surface area contributed by atoms with E-state index in [1.165, 1.54) is 18.2 Å². The van der Waals surface area contributed by atoms with Crippen molar-refractivity contribution in [1.82, 2.24) is 14.7 Å². The quantitative estimate of drug-likeness (QED) is 0.602. The molecule has 0 spiro atoms. The molecule has 1 aliphatic rings. The van der Waals surface area contributed by atoms with Gasteiger partial charge in [0.15, 0.2) is 11.4 Å². The van der Waals surface area contributed by atoms with Crippen molar-refractivity contribution < 1.29 is 18.3 Å². The molecule has 2 heterocycles. The molecule has 164 valence electrons. The Morgan fingerprint density at radius 3 is 2.65 bits per heavy atom. The first-order chi connectivity index (χ1) is 14.7. The Balaban J connectivity index is 1.61. The highest BCUT2D eigenvalue weighted by Gasteiger charge is 2.38. The van der Waals surface area contributed by atoms with Crippen LogP contribution >= 0.6 is 0 Å². The molecule has 1 aromatic carbocycles. The SMILES string of the molecule is Cc1cc(OCc2c(F)cccc2F)c2nc(C)c(C(=O)NCC(C)(N)C3CC3)n2c1. The highest BCUT2D eigenvalue weighted by Crippen LogP contribution is 2.37. The average molecular weight is 428 g/mol. The summed E-state index contributed by atoms with van der Waals surface area (Å²) in [6, 6.07) is 5.40. The third kappa shape index (κ3) is 4.25. The van der Waals surface area contributed by atoms with Crippen molar-refractivity contribution >= 4 is 11.6 Å². The zero-order valence-electron chi connectivity index (χ0n) is 17.8. The fourth-order valence-electron chi connectivity index (χ4n) is 3.80. The second-order valence-corrected chi connectivity index (χ2v) is 8.57. The number of nitrogens with two attached hydrogens (primary N) is 1. The Bertz CT molecular complexity index is 1130. The van der Waals surface area contributed by atoms with E-state index in [4.69, 9.17) is 10.5 Å². The van der Waals surface area contributed by atoms with E-state index < -0.39 is 17.2 Å². The van der Waals surface area contributed by atoms with Crippen molar-refractivity contribution in [1.29, 1.82) is 0 Å². The van der Waals surface area contributed by atoms with Crippen LogP contribution in [0.1, 0.15) is 47.1 Å².